The van der Waals surface area contributed by atoms with Crippen LogP contribution in [0.4, 0.5) is 0 Å². The van der Waals surface area contributed by atoms with Gasteiger partial charge < -0.3 is 5.11 Å². The normalized spacial score (nSPS) is 12.4. The van der Waals surface area contributed by atoms with Gasteiger partial charge in [-0.1, -0.05) is 62.2 Å². The fourth-order valence-corrected chi connectivity index (χ4v) is 3.21. The van der Waals surface area contributed by atoms with E-state index >= 15 is 0 Å². The maximum absolute atomic E-state index is 10.2. The second-order valence-electron chi connectivity index (χ2n) is 4.24. The standard InChI is InChI=1S/C15H14Br2O/c16-13-8-12(9-14(17)10-13)15(18)7-6-11-4-2-1-3-5-11/h1-5,8-10,15,18H,6-7H2. The van der Waals surface area contributed by atoms with Crippen LogP contribution in [-0.2, 0) is 6.42 Å². The zero-order chi connectivity index (χ0) is 13.0. The fraction of sp³-hybridized carbons (Fsp3) is 0.200. The van der Waals surface area contributed by atoms with Crippen molar-refractivity contribution in [2.75, 3.05) is 0 Å². The van der Waals surface area contributed by atoms with Crippen LogP contribution in [0.3, 0.4) is 0 Å². The molecule has 1 atom stereocenters. The molecule has 0 aliphatic heterocycles. The SMILES string of the molecule is OC(CCc1ccccc1)c1cc(Br)cc(Br)c1. The maximum Gasteiger partial charge on any atom is 0.0794 e. The molecule has 0 saturated heterocycles. The molecule has 3 heteroatoms. The lowest BCUT2D eigenvalue weighted by molar-refractivity contribution is 0.167. The van der Waals surface area contributed by atoms with Crippen molar-refractivity contribution in [3.05, 3.63) is 68.6 Å². The Morgan fingerprint density at radius 1 is 0.944 bits per heavy atom. The van der Waals surface area contributed by atoms with Gasteiger partial charge in [0.05, 0.1) is 6.10 Å². The highest BCUT2D eigenvalue weighted by Crippen LogP contribution is 2.26. The molecule has 0 amide bonds. The smallest absolute Gasteiger partial charge is 0.0794 e. The first kappa shape index (κ1) is 13.8. The minimum atomic E-state index is -0.431. The van der Waals surface area contributed by atoms with Crippen LogP contribution < -0.4 is 0 Å². The fourth-order valence-electron chi connectivity index (χ4n) is 1.88. The zero-order valence-corrected chi connectivity index (χ0v) is 13.0. The summed E-state index contributed by atoms with van der Waals surface area (Å²) in [6.07, 6.45) is 1.18. The first-order chi connectivity index (χ1) is 8.65. The molecule has 0 spiro atoms. The van der Waals surface area contributed by atoms with Crippen molar-refractivity contribution >= 4 is 31.9 Å². The highest BCUT2D eigenvalue weighted by Gasteiger charge is 2.09. The monoisotopic (exact) mass is 368 g/mol. The molecule has 1 N–H and O–H groups in total. The highest BCUT2D eigenvalue weighted by atomic mass is 79.9. The van der Waals surface area contributed by atoms with Gasteiger partial charge in [-0.2, -0.15) is 0 Å². The number of benzene rings is 2. The van der Waals surface area contributed by atoms with Crippen molar-refractivity contribution in [2.24, 2.45) is 0 Å². The lowest BCUT2D eigenvalue weighted by Gasteiger charge is -2.12. The molecule has 18 heavy (non-hydrogen) atoms. The van der Waals surface area contributed by atoms with Crippen LogP contribution in [0.2, 0.25) is 0 Å². The van der Waals surface area contributed by atoms with E-state index < -0.39 is 6.10 Å². The highest BCUT2D eigenvalue weighted by molar-refractivity contribution is 9.11. The number of rotatable bonds is 4. The number of aryl methyl sites for hydroxylation is 1. The van der Waals surface area contributed by atoms with Crippen molar-refractivity contribution in [3.8, 4) is 0 Å². The lowest BCUT2D eigenvalue weighted by atomic mass is 10.0. The average Bonchev–Trinajstić information content (AvgIpc) is 2.36. The van der Waals surface area contributed by atoms with Crippen LogP contribution in [0.5, 0.6) is 0 Å². The summed E-state index contributed by atoms with van der Waals surface area (Å²) >= 11 is 6.87. The minimum Gasteiger partial charge on any atom is -0.388 e. The predicted molar refractivity (Wildman–Crippen MR) is 81.6 cm³/mol. The van der Waals surface area contributed by atoms with Crippen LogP contribution in [0.25, 0.3) is 0 Å². The predicted octanol–water partition coefficient (Wildman–Crippen LogP) is 4.88. The molecule has 2 aromatic rings. The summed E-state index contributed by atoms with van der Waals surface area (Å²) in [6.45, 7) is 0. The van der Waals surface area contributed by atoms with E-state index in [1.54, 1.807) is 0 Å². The van der Waals surface area contributed by atoms with Crippen molar-refractivity contribution in [1.82, 2.24) is 0 Å². The summed E-state index contributed by atoms with van der Waals surface area (Å²) in [5.74, 6) is 0. The number of aliphatic hydroxyl groups excluding tert-OH is 1. The van der Waals surface area contributed by atoms with Gasteiger partial charge in [0.15, 0.2) is 0 Å². The Labute approximate surface area is 124 Å². The number of aliphatic hydroxyl groups is 1. The molecule has 0 fully saturated rings. The first-order valence-electron chi connectivity index (χ1n) is 5.83. The van der Waals surface area contributed by atoms with Crippen LogP contribution in [0, 0.1) is 0 Å². The molecule has 2 rings (SSSR count). The topological polar surface area (TPSA) is 20.2 Å². The van der Waals surface area contributed by atoms with Crippen molar-refractivity contribution in [2.45, 2.75) is 18.9 Å². The Kier molecular flexibility index (Phi) is 4.98. The molecule has 0 bridgehead atoms. The van der Waals surface area contributed by atoms with E-state index in [4.69, 9.17) is 0 Å². The summed E-state index contributed by atoms with van der Waals surface area (Å²) in [5, 5.41) is 10.2. The van der Waals surface area contributed by atoms with Crippen molar-refractivity contribution in [3.63, 3.8) is 0 Å². The molecule has 0 aromatic heterocycles. The van der Waals surface area contributed by atoms with E-state index in [0.717, 1.165) is 27.4 Å². The number of halogens is 2. The molecule has 1 nitrogen and oxygen atoms in total. The second kappa shape index (κ2) is 6.50. The molecule has 0 saturated carbocycles. The van der Waals surface area contributed by atoms with Gasteiger partial charge in [-0.05, 0) is 42.2 Å². The van der Waals surface area contributed by atoms with Gasteiger partial charge in [-0.15, -0.1) is 0 Å². The van der Waals surface area contributed by atoms with Crippen molar-refractivity contribution < 1.29 is 5.11 Å². The van der Waals surface area contributed by atoms with Gasteiger partial charge in [0.2, 0.25) is 0 Å². The Balaban J connectivity index is 2.01. The van der Waals surface area contributed by atoms with Gasteiger partial charge in [0.25, 0.3) is 0 Å². The summed E-state index contributed by atoms with van der Waals surface area (Å²) in [4.78, 5) is 0. The van der Waals surface area contributed by atoms with E-state index in [2.05, 4.69) is 44.0 Å². The Morgan fingerprint density at radius 2 is 1.56 bits per heavy atom. The maximum atomic E-state index is 10.2. The van der Waals surface area contributed by atoms with E-state index in [1.807, 2.05) is 36.4 Å². The third-order valence-corrected chi connectivity index (χ3v) is 3.73. The molecule has 2 aromatic carbocycles. The lowest BCUT2D eigenvalue weighted by Crippen LogP contribution is -1.99. The van der Waals surface area contributed by atoms with Crippen LogP contribution in [0.1, 0.15) is 23.7 Å². The summed E-state index contributed by atoms with van der Waals surface area (Å²) in [7, 11) is 0. The molecule has 94 valence electrons. The van der Waals surface area contributed by atoms with Gasteiger partial charge in [-0.3, -0.25) is 0 Å². The van der Waals surface area contributed by atoms with E-state index in [9.17, 15) is 5.11 Å². The van der Waals surface area contributed by atoms with Crippen LogP contribution in [0.15, 0.2) is 57.5 Å². The third-order valence-electron chi connectivity index (χ3n) is 2.82. The molecule has 0 radical (unpaired) electrons. The third kappa shape index (κ3) is 3.94. The Morgan fingerprint density at radius 3 is 2.17 bits per heavy atom. The van der Waals surface area contributed by atoms with Gasteiger partial charge in [-0.25, -0.2) is 0 Å². The second-order valence-corrected chi connectivity index (χ2v) is 6.07. The van der Waals surface area contributed by atoms with Crippen LogP contribution in [-0.4, -0.2) is 5.11 Å². The molecule has 0 aliphatic rings. The van der Waals surface area contributed by atoms with E-state index in [0.29, 0.717) is 0 Å². The molecule has 0 aliphatic carbocycles. The molecular weight excluding hydrogens is 356 g/mol. The Bertz CT molecular complexity index is 491. The largest absolute Gasteiger partial charge is 0.388 e. The summed E-state index contributed by atoms with van der Waals surface area (Å²) < 4.78 is 1.95. The molecule has 1 unspecified atom stereocenters. The van der Waals surface area contributed by atoms with E-state index in [1.165, 1.54) is 5.56 Å². The summed E-state index contributed by atoms with van der Waals surface area (Å²) in [5.41, 5.74) is 2.19. The van der Waals surface area contributed by atoms with E-state index in [-0.39, 0.29) is 0 Å². The number of hydrogen-bond donors (Lipinski definition) is 1. The zero-order valence-electron chi connectivity index (χ0n) is 9.81. The molecule has 0 heterocycles. The minimum absolute atomic E-state index is 0.431. The van der Waals surface area contributed by atoms with Gasteiger partial charge in [0, 0.05) is 8.95 Å². The number of hydrogen-bond acceptors (Lipinski definition) is 1. The van der Waals surface area contributed by atoms with Gasteiger partial charge in [0.1, 0.15) is 0 Å². The van der Waals surface area contributed by atoms with Crippen LogP contribution >= 0.6 is 31.9 Å². The van der Waals surface area contributed by atoms with Crippen molar-refractivity contribution in [1.29, 1.82) is 0 Å². The first-order valence-corrected chi connectivity index (χ1v) is 7.42. The van der Waals surface area contributed by atoms with Gasteiger partial charge >= 0.3 is 0 Å². The molecular formula is C15H14Br2O. The Hall–Kier alpha value is -0.640. The average molecular weight is 370 g/mol. The quantitative estimate of drug-likeness (QED) is 0.814. The summed E-state index contributed by atoms with van der Waals surface area (Å²) in [6, 6.07) is 16.1.